The fourth-order valence-corrected chi connectivity index (χ4v) is 4.14. The van der Waals surface area contributed by atoms with Gasteiger partial charge in [0.05, 0.1) is 19.4 Å². The van der Waals surface area contributed by atoms with Gasteiger partial charge in [0.1, 0.15) is 5.69 Å². The van der Waals surface area contributed by atoms with Gasteiger partial charge in [-0.05, 0) is 37.6 Å². The normalized spacial score (nSPS) is 12.0. The highest BCUT2D eigenvalue weighted by Gasteiger charge is 2.24. The number of hydrogen-bond donors (Lipinski definition) is 1. The van der Waals surface area contributed by atoms with Crippen molar-refractivity contribution in [1.29, 1.82) is 0 Å². The number of rotatable bonds is 7. The Hall–Kier alpha value is -1.62. The van der Waals surface area contributed by atoms with Crippen LogP contribution in [0.4, 0.5) is 0 Å². The summed E-state index contributed by atoms with van der Waals surface area (Å²) in [5.74, 6) is -0.977. The number of aromatic carboxylic acids is 1. The topological polar surface area (TPSA) is 77.8 Å². The highest BCUT2D eigenvalue weighted by Crippen LogP contribution is 2.51. The lowest BCUT2D eigenvalue weighted by atomic mass is 10.2. The SMILES string of the molecule is CCOP(=O)(Cc1ccc2c(c1)cc(C(=O)O)n2C)OCC. The Morgan fingerprint density at radius 1 is 1.23 bits per heavy atom. The molecule has 0 spiro atoms. The molecule has 7 heteroatoms. The van der Waals surface area contributed by atoms with Gasteiger partial charge in [-0.2, -0.15) is 0 Å². The summed E-state index contributed by atoms with van der Waals surface area (Å²) in [4.78, 5) is 11.2. The van der Waals surface area contributed by atoms with E-state index in [4.69, 9.17) is 14.2 Å². The quantitative estimate of drug-likeness (QED) is 0.786. The monoisotopic (exact) mass is 325 g/mol. The van der Waals surface area contributed by atoms with Crippen molar-refractivity contribution >= 4 is 24.5 Å². The maximum atomic E-state index is 12.6. The Morgan fingerprint density at radius 2 is 1.86 bits per heavy atom. The summed E-state index contributed by atoms with van der Waals surface area (Å²) in [5, 5.41) is 9.95. The van der Waals surface area contributed by atoms with Gasteiger partial charge < -0.3 is 18.7 Å². The van der Waals surface area contributed by atoms with Crippen LogP contribution < -0.4 is 0 Å². The van der Waals surface area contributed by atoms with Crippen molar-refractivity contribution in [2.24, 2.45) is 7.05 Å². The Labute approximate surface area is 129 Å². The summed E-state index contributed by atoms with van der Waals surface area (Å²) in [6, 6.07) is 7.07. The minimum atomic E-state index is -3.17. The molecule has 0 amide bonds. The number of hydrogen-bond acceptors (Lipinski definition) is 4. The molecule has 0 saturated heterocycles. The number of carbonyl (C=O) groups is 1. The average Bonchev–Trinajstić information content (AvgIpc) is 2.76. The van der Waals surface area contributed by atoms with Gasteiger partial charge >= 0.3 is 13.6 Å². The second-order valence-electron chi connectivity index (χ2n) is 4.89. The number of carboxylic acid groups (broad SMARTS) is 1. The van der Waals surface area contributed by atoms with Gasteiger partial charge in [0.2, 0.25) is 0 Å². The molecule has 6 nitrogen and oxygen atoms in total. The standard InChI is InChI=1S/C15H20NO5P/c1-4-20-22(19,21-5-2)10-11-6-7-13-12(8-11)9-14(15(17)18)16(13)3/h6-9H,4-5,10H2,1-3H3,(H,17,18). The van der Waals surface area contributed by atoms with Gasteiger partial charge in [-0.3, -0.25) is 4.57 Å². The molecule has 0 radical (unpaired) electrons. The van der Waals surface area contributed by atoms with Gasteiger partial charge in [0, 0.05) is 18.0 Å². The first-order chi connectivity index (χ1) is 10.4. The zero-order valence-corrected chi connectivity index (χ0v) is 13.8. The Morgan fingerprint density at radius 3 is 2.41 bits per heavy atom. The van der Waals surface area contributed by atoms with Gasteiger partial charge in [0.25, 0.3) is 0 Å². The highest BCUT2D eigenvalue weighted by molar-refractivity contribution is 7.53. The summed E-state index contributed by atoms with van der Waals surface area (Å²) < 4.78 is 24.7. The van der Waals surface area contributed by atoms with E-state index in [1.165, 1.54) is 0 Å². The first-order valence-electron chi connectivity index (χ1n) is 7.10. The predicted molar refractivity (Wildman–Crippen MR) is 84.4 cm³/mol. The smallest absolute Gasteiger partial charge is 0.352 e. The van der Waals surface area contributed by atoms with Gasteiger partial charge in [-0.1, -0.05) is 6.07 Å². The lowest BCUT2D eigenvalue weighted by Crippen LogP contribution is -2.03. The molecular weight excluding hydrogens is 305 g/mol. The molecule has 2 rings (SSSR count). The molecule has 22 heavy (non-hydrogen) atoms. The minimum absolute atomic E-state index is 0.169. The van der Waals surface area contributed by atoms with Gasteiger partial charge in [-0.15, -0.1) is 0 Å². The van der Waals surface area contributed by atoms with Crippen molar-refractivity contribution in [3.63, 3.8) is 0 Å². The zero-order valence-electron chi connectivity index (χ0n) is 12.9. The van der Waals surface area contributed by atoms with E-state index >= 15 is 0 Å². The molecule has 1 aromatic heterocycles. The molecule has 0 bridgehead atoms. The van der Waals surface area contributed by atoms with Crippen LogP contribution in [0, 0.1) is 0 Å². The van der Waals surface area contributed by atoms with E-state index in [0.29, 0.717) is 13.2 Å². The van der Waals surface area contributed by atoms with Crippen LogP contribution >= 0.6 is 7.60 Å². The fourth-order valence-electron chi connectivity index (χ4n) is 2.45. The molecule has 0 aliphatic rings. The number of carboxylic acids is 1. The van der Waals surface area contributed by atoms with Crippen LogP contribution in [0.3, 0.4) is 0 Å². The third kappa shape index (κ3) is 3.40. The maximum Gasteiger partial charge on any atom is 0.352 e. The number of nitrogens with zero attached hydrogens (tertiary/aromatic N) is 1. The summed E-state index contributed by atoms with van der Waals surface area (Å²) in [6.07, 6.45) is 0.169. The van der Waals surface area contributed by atoms with Crippen LogP contribution in [0.25, 0.3) is 10.9 Å². The molecule has 1 heterocycles. The van der Waals surface area contributed by atoms with Crippen LogP contribution in [0.2, 0.25) is 0 Å². The largest absolute Gasteiger partial charge is 0.477 e. The zero-order chi connectivity index (χ0) is 16.3. The van der Waals surface area contributed by atoms with E-state index in [9.17, 15) is 9.36 Å². The molecule has 0 unspecified atom stereocenters. The molecule has 2 aromatic rings. The molecule has 0 aliphatic carbocycles. The minimum Gasteiger partial charge on any atom is -0.477 e. The van der Waals surface area contributed by atoms with E-state index in [2.05, 4.69) is 0 Å². The molecule has 1 N–H and O–H groups in total. The van der Waals surface area contributed by atoms with Crippen molar-refractivity contribution in [3.05, 3.63) is 35.5 Å². The van der Waals surface area contributed by atoms with Crippen LogP contribution in [0.5, 0.6) is 0 Å². The molecule has 1 aromatic carbocycles. The number of benzene rings is 1. The number of aromatic nitrogens is 1. The highest BCUT2D eigenvalue weighted by atomic mass is 31.2. The summed E-state index contributed by atoms with van der Waals surface area (Å²) in [5.41, 5.74) is 1.81. The van der Waals surface area contributed by atoms with Crippen molar-refractivity contribution in [1.82, 2.24) is 4.57 Å². The van der Waals surface area contributed by atoms with Crippen molar-refractivity contribution < 1.29 is 23.5 Å². The number of fused-ring (bicyclic) bond motifs is 1. The van der Waals surface area contributed by atoms with Crippen molar-refractivity contribution in [3.8, 4) is 0 Å². The summed E-state index contributed by atoms with van der Waals surface area (Å²) in [6.45, 7) is 4.17. The van der Waals surface area contributed by atoms with Gasteiger partial charge in [0.15, 0.2) is 0 Å². The van der Waals surface area contributed by atoms with Crippen LogP contribution in [0.15, 0.2) is 24.3 Å². The molecule has 0 saturated carbocycles. The predicted octanol–water partition coefficient (Wildman–Crippen LogP) is 3.64. The molecule has 0 fully saturated rings. The van der Waals surface area contributed by atoms with E-state index in [1.807, 2.05) is 18.2 Å². The Balaban J connectivity index is 2.37. The van der Waals surface area contributed by atoms with Crippen LogP contribution in [0.1, 0.15) is 29.9 Å². The van der Waals surface area contributed by atoms with Crippen LogP contribution in [-0.4, -0.2) is 28.9 Å². The van der Waals surface area contributed by atoms with E-state index < -0.39 is 13.6 Å². The molecular formula is C15H20NO5P. The fraction of sp³-hybridized carbons (Fsp3) is 0.400. The molecule has 0 atom stereocenters. The van der Waals surface area contributed by atoms with E-state index in [-0.39, 0.29) is 11.9 Å². The van der Waals surface area contributed by atoms with Crippen molar-refractivity contribution in [2.75, 3.05) is 13.2 Å². The molecule has 120 valence electrons. The van der Waals surface area contributed by atoms with Gasteiger partial charge in [-0.25, -0.2) is 4.79 Å². The van der Waals surface area contributed by atoms with Crippen LogP contribution in [-0.2, 0) is 26.8 Å². The lowest BCUT2D eigenvalue weighted by Gasteiger charge is -2.17. The first kappa shape index (κ1) is 16.7. The third-order valence-electron chi connectivity index (χ3n) is 3.35. The summed E-state index contributed by atoms with van der Waals surface area (Å²) >= 11 is 0. The molecule has 0 aliphatic heterocycles. The lowest BCUT2D eigenvalue weighted by molar-refractivity contribution is 0.0687. The first-order valence-corrected chi connectivity index (χ1v) is 8.82. The Kier molecular flexibility index (Phi) is 5.06. The second-order valence-corrected chi connectivity index (χ2v) is 6.95. The Bertz CT molecular complexity index is 727. The van der Waals surface area contributed by atoms with E-state index in [0.717, 1.165) is 16.5 Å². The van der Waals surface area contributed by atoms with E-state index in [1.54, 1.807) is 31.5 Å². The average molecular weight is 325 g/mol. The second kappa shape index (κ2) is 6.65. The summed E-state index contributed by atoms with van der Waals surface area (Å²) in [7, 11) is -1.46. The number of aryl methyl sites for hydroxylation is 1. The third-order valence-corrected chi connectivity index (χ3v) is 5.41. The maximum absolute atomic E-state index is 12.6. The van der Waals surface area contributed by atoms with Crippen molar-refractivity contribution in [2.45, 2.75) is 20.0 Å².